The molecule has 0 aromatic heterocycles. The molecule has 0 aliphatic heterocycles. The van der Waals surface area contributed by atoms with Crippen LogP contribution in [0.2, 0.25) is 0 Å². The third-order valence-electron chi connectivity index (χ3n) is 11.7. The highest BCUT2D eigenvalue weighted by Gasteiger charge is 2.22. The minimum Gasteiger partial charge on any atom is -0.508 e. The summed E-state index contributed by atoms with van der Waals surface area (Å²) in [5.41, 5.74) is 11.9. The number of hydrogen-bond acceptors (Lipinski definition) is 14. The lowest BCUT2D eigenvalue weighted by molar-refractivity contribution is 0.0507. The molecule has 6 aromatic carbocycles. The number of aliphatic hydroxyl groups excluding tert-OH is 2. The highest BCUT2D eigenvalue weighted by molar-refractivity contribution is 9.11. The van der Waals surface area contributed by atoms with E-state index >= 15 is 0 Å². The third kappa shape index (κ3) is 17.5. The molecule has 0 spiro atoms. The van der Waals surface area contributed by atoms with Crippen LogP contribution in [0.5, 0.6) is 17.2 Å². The Labute approximate surface area is 462 Å². The van der Waals surface area contributed by atoms with Gasteiger partial charge in [-0.25, -0.2) is 14.4 Å². The van der Waals surface area contributed by atoms with Crippen LogP contribution in [-0.4, -0.2) is 73.8 Å². The van der Waals surface area contributed by atoms with Crippen molar-refractivity contribution in [1.82, 2.24) is 0 Å². The minimum atomic E-state index is -0.485. The molecule has 0 heterocycles. The molecule has 75 heavy (non-hydrogen) atoms. The molecule has 0 fully saturated rings. The summed E-state index contributed by atoms with van der Waals surface area (Å²) in [5.74, 6) is -0.590. The standard InChI is InChI=1S/3C18H16BrNO3.2C2H6O/c3*1-11-8-15-12(10-17(11)21)4-3-7-16(15)20-23-18(22)13-5-2-6-14(19)9-13;2*1-2-3/h3*2,5-6,8-10,21H,3-4,7H2,1H3;2*3H,2H2,1H3/b3*20-16+;;. The number of phenols is 3. The maximum absolute atomic E-state index is 12.1. The lowest BCUT2D eigenvalue weighted by Crippen LogP contribution is -2.14. The number of aromatic hydroxyl groups is 3. The fourth-order valence-electron chi connectivity index (χ4n) is 7.97. The fourth-order valence-corrected chi connectivity index (χ4v) is 9.16. The summed E-state index contributed by atoms with van der Waals surface area (Å²) in [7, 11) is 0. The lowest BCUT2D eigenvalue weighted by Gasteiger charge is -2.18. The summed E-state index contributed by atoms with van der Waals surface area (Å²) < 4.78 is 2.44. The van der Waals surface area contributed by atoms with Gasteiger partial charge in [0, 0.05) is 43.3 Å². The number of benzene rings is 6. The highest BCUT2D eigenvalue weighted by atomic mass is 79.9. The van der Waals surface area contributed by atoms with E-state index in [1.807, 2.05) is 57.2 Å². The van der Waals surface area contributed by atoms with Crippen LogP contribution < -0.4 is 0 Å². The van der Waals surface area contributed by atoms with Gasteiger partial charge in [-0.1, -0.05) is 81.5 Å². The Bertz CT molecular complexity index is 2760. The Morgan fingerprint density at radius 2 is 0.693 bits per heavy atom. The van der Waals surface area contributed by atoms with E-state index in [9.17, 15) is 29.7 Å². The zero-order chi connectivity index (χ0) is 54.6. The minimum absolute atomic E-state index is 0.250. The van der Waals surface area contributed by atoms with Gasteiger partial charge in [-0.3, -0.25) is 0 Å². The fraction of sp³-hybridized carbons (Fsp3) is 0.276. The number of fused-ring (bicyclic) bond motifs is 3. The molecule has 0 saturated carbocycles. The molecule has 6 aromatic rings. The lowest BCUT2D eigenvalue weighted by atomic mass is 9.88. The molecule has 0 bridgehead atoms. The molecule has 3 aliphatic rings. The van der Waals surface area contributed by atoms with Crippen molar-refractivity contribution in [2.45, 2.75) is 92.4 Å². The van der Waals surface area contributed by atoms with Crippen LogP contribution in [0.4, 0.5) is 0 Å². The number of halogens is 3. The van der Waals surface area contributed by atoms with E-state index < -0.39 is 17.9 Å². The van der Waals surface area contributed by atoms with Crippen LogP contribution >= 0.6 is 47.8 Å². The first-order valence-electron chi connectivity index (χ1n) is 24.3. The van der Waals surface area contributed by atoms with Crippen molar-refractivity contribution in [3.05, 3.63) is 189 Å². The van der Waals surface area contributed by atoms with Crippen LogP contribution in [0.1, 0.15) is 134 Å². The molecule has 0 unspecified atom stereocenters. The molecule has 0 atom stereocenters. The van der Waals surface area contributed by atoms with Gasteiger partial charge in [0.05, 0.1) is 33.8 Å². The van der Waals surface area contributed by atoms with Gasteiger partial charge in [0.1, 0.15) is 17.2 Å². The number of carbonyl (C=O) groups excluding carboxylic acids is 3. The first-order chi connectivity index (χ1) is 36.0. The van der Waals surface area contributed by atoms with Crippen molar-refractivity contribution in [3.63, 3.8) is 0 Å². The van der Waals surface area contributed by atoms with Crippen molar-refractivity contribution < 1.29 is 54.4 Å². The number of aliphatic hydroxyl groups is 2. The van der Waals surface area contributed by atoms with Gasteiger partial charge in [0.15, 0.2) is 0 Å². The van der Waals surface area contributed by atoms with Crippen LogP contribution in [0.15, 0.2) is 138 Å². The molecular weight excluding hydrogens is 1150 g/mol. The number of aryl methyl sites for hydroxylation is 6. The van der Waals surface area contributed by atoms with E-state index in [1.165, 1.54) is 0 Å². The number of rotatable bonds is 6. The smallest absolute Gasteiger partial charge is 0.365 e. The Balaban J connectivity index is 0.000000197. The third-order valence-corrected chi connectivity index (χ3v) is 13.2. The average Bonchev–Trinajstić information content (AvgIpc) is 3.38. The van der Waals surface area contributed by atoms with Crippen LogP contribution in [-0.2, 0) is 33.8 Å². The molecule has 5 N–H and O–H groups in total. The second-order valence-corrected chi connectivity index (χ2v) is 20.1. The van der Waals surface area contributed by atoms with Crippen LogP contribution in [0, 0.1) is 20.8 Å². The molecule has 0 saturated heterocycles. The first-order valence-corrected chi connectivity index (χ1v) is 26.7. The maximum Gasteiger partial charge on any atom is 0.365 e. The number of hydrogen-bond donors (Lipinski definition) is 5. The summed E-state index contributed by atoms with van der Waals surface area (Å²) >= 11 is 9.98. The van der Waals surface area contributed by atoms with Crippen molar-refractivity contribution >= 4 is 82.8 Å². The molecule has 9 rings (SSSR count). The SMILES string of the molecule is CCO.CCO.Cc1cc2c(cc1O)CCC/C2=N\OC(=O)c1cccc(Br)c1.Cc1cc2c(cc1O)CCC/C2=N\OC(=O)c1cccc(Br)c1.Cc1cc2c(cc1O)CCC/C2=N\OC(=O)c1cccc(Br)c1. The average molecular weight is 1210 g/mol. The highest BCUT2D eigenvalue weighted by Crippen LogP contribution is 2.31. The van der Waals surface area contributed by atoms with Gasteiger partial charge in [-0.2, -0.15) is 0 Å². The Morgan fingerprint density at radius 3 is 0.933 bits per heavy atom. The van der Waals surface area contributed by atoms with Crippen molar-refractivity contribution in [2.75, 3.05) is 13.2 Å². The van der Waals surface area contributed by atoms with Crippen LogP contribution in [0.25, 0.3) is 0 Å². The molecule has 3 aliphatic carbocycles. The number of oxime groups is 3. The van der Waals surface area contributed by atoms with Crippen molar-refractivity contribution in [3.8, 4) is 17.2 Å². The van der Waals surface area contributed by atoms with E-state index in [1.54, 1.807) is 86.6 Å². The quantitative estimate of drug-likeness (QED) is 0.0780. The zero-order valence-corrected chi connectivity index (χ0v) is 47.1. The Kier molecular flexibility index (Phi) is 23.4. The Morgan fingerprint density at radius 1 is 0.440 bits per heavy atom. The predicted octanol–water partition coefficient (Wildman–Crippen LogP) is 13.1. The van der Waals surface area contributed by atoms with Crippen molar-refractivity contribution in [1.29, 1.82) is 0 Å². The van der Waals surface area contributed by atoms with Crippen LogP contribution in [0.3, 0.4) is 0 Å². The van der Waals surface area contributed by atoms with Gasteiger partial charge < -0.3 is 40.0 Å². The normalized spacial score (nSPS) is 14.6. The summed E-state index contributed by atoms with van der Waals surface area (Å²) in [6.07, 6.45) is 7.69. The number of phenolic OH excluding ortho intramolecular Hbond substituents is 3. The topological polar surface area (TPSA) is 217 Å². The molecule has 0 amide bonds. The zero-order valence-electron chi connectivity index (χ0n) is 42.3. The summed E-state index contributed by atoms with van der Waals surface area (Å²) in [6, 6.07) is 32.0. The van der Waals surface area contributed by atoms with E-state index in [0.717, 1.165) is 138 Å². The van der Waals surface area contributed by atoms with E-state index in [2.05, 4.69) is 63.3 Å². The van der Waals surface area contributed by atoms with Gasteiger partial charge in [-0.15, -0.1) is 0 Å². The second kappa shape index (κ2) is 29.6. The number of nitrogens with zero attached hydrogens (tertiary/aromatic N) is 3. The monoisotopic (exact) mass is 1210 g/mol. The van der Waals surface area contributed by atoms with Gasteiger partial charge in [-0.05, 0) is 217 Å². The first kappa shape index (κ1) is 59.4. The summed E-state index contributed by atoms with van der Waals surface area (Å²) in [4.78, 5) is 51.6. The van der Waals surface area contributed by atoms with Gasteiger partial charge in [0.25, 0.3) is 0 Å². The largest absolute Gasteiger partial charge is 0.508 e. The molecule has 0 radical (unpaired) electrons. The second-order valence-electron chi connectivity index (χ2n) is 17.4. The summed E-state index contributed by atoms with van der Waals surface area (Å²) in [6.45, 7) is 9.39. The molecule has 14 nitrogen and oxygen atoms in total. The predicted molar refractivity (Wildman–Crippen MR) is 301 cm³/mol. The number of carbonyl (C=O) groups is 3. The van der Waals surface area contributed by atoms with E-state index in [0.29, 0.717) is 16.7 Å². The van der Waals surface area contributed by atoms with E-state index in [4.69, 9.17) is 24.7 Å². The van der Waals surface area contributed by atoms with Crippen molar-refractivity contribution in [2.24, 2.45) is 15.5 Å². The Hall–Kier alpha value is -6.50. The molecule has 17 heteroatoms. The molecule has 394 valence electrons. The molecular formula is C58H60Br3N3O11. The van der Waals surface area contributed by atoms with Gasteiger partial charge in [0.2, 0.25) is 0 Å². The maximum atomic E-state index is 12.1. The van der Waals surface area contributed by atoms with E-state index in [-0.39, 0.29) is 30.5 Å². The summed E-state index contributed by atoms with van der Waals surface area (Å²) in [5, 5.41) is 56.8. The van der Waals surface area contributed by atoms with Gasteiger partial charge >= 0.3 is 17.9 Å².